The number of nitrogens with zero attached hydrogens (tertiary/aromatic N) is 4. The molecule has 0 spiro atoms. The zero-order chi connectivity index (χ0) is 13.6. The molecule has 1 N–H and O–H groups in total. The van der Waals surface area contributed by atoms with Gasteiger partial charge in [-0.15, -0.1) is 0 Å². The highest BCUT2D eigenvalue weighted by atomic mass is 16.6. The van der Waals surface area contributed by atoms with E-state index in [1.54, 1.807) is 4.57 Å². The maximum Gasteiger partial charge on any atom is 0.406 e. The fourth-order valence-electron chi connectivity index (χ4n) is 3.66. The van der Waals surface area contributed by atoms with Crippen LogP contribution in [0.3, 0.4) is 0 Å². The normalized spacial score (nSPS) is 29.8. The first-order valence-electron chi connectivity index (χ1n) is 6.76. The van der Waals surface area contributed by atoms with E-state index in [0.29, 0.717) is 23.7 Å². The summed E-state index contributed by atoms with van der Waals surface area (Å²) in [7, 11) is 1.83. The number of rotatable bonds is 3. The van der Waals surface area contributed by atoms with Gasteiger partial charge in [0, 0.05) is 32.7 Å². The van der Waals surface area contributed by atoms with E-state index in [1.165, 1.54) is 6.33 Å². The minimum Gasteiger partial charge on any atom is -0.358 e. The Hall–Kier alpha value is -1.63. The minimum atomic E-state index is -0.381. The van der Waals surface area contributed by atoms with Crippen LogP contribution in [-0.2, 0) is 7.05 Å². The van der Waals surface area contributed by atoms with Crippen molar-refractivity contribution in [2.24, 2.45) is 18.9 Å². The topological polar surface area (TPSA) is 76.2 Å². The molecule has 2 fully saturated rings. The van der Waals surface area contributed by atoms with Crippen molar-refractivity contribution in [1.82, 2.24) is 14.9 Å². The number of fused-ring (bicyclic) bond motifs is 1. The Balaban J connectivity index is 1.98. The highest BCUT2D eigenvalue weighted by Gasteiger charge is 2.46. The van der Waals surface area contributed by atoms with Crippen LogP contribution in [0.2, 0.25) is 0 Å². The molecule has 0 aliphatic carbocycles. The van der Waals surface area contributed by atoms with E-state index in [2.05, 4.69) is 22.1 Å². The van der Waals surface area contributed by atoms with Gasteiger partial charge in [0.1, 0.15) is 0 Å². The molecule has 0 bridgehead atoms. The Morgan fingerprint density at radius 3 is 3.05 bits per heavy atom. The lowest BCUT2D eigenvalue weighted by atomic mass is 9.93. The monoisotopic (exact) mass is 265 g/mol. The highest BCUT2D eigenvalue weighted by molar-refractivity contribution is 5.56. The molecule has 2 aliphatic heterocycles. The predicted molar refractivity (Wildman–Crippen MR) is 71.1 cm³/mol. The fraction of sp³-hybridized carbons (Fsp3) is 0.750. The molecule has 0 amide bonds. The van der Waals surface area contributed by atoms with E-state index in [1.807, 2.05) is 7.05 Å². The minimum absolute atomic E-state index is 0.0196. The smallest absolute Gasteiger partial charge is 0.358 e. The molecule has 1 aromatic rings. The van der Waals surface area contributed by atoms with Crippen LogP contribution >= 0.6 is 0 Å². The molecule has 2 aliphatic rings. The van der Waals surface area contributed by atoms with Crippen molar-refractivity contribution < 1.29 is 4.92 Å². The van der Waals surface area contributed by atoms with Gasteiger partial charge in [-0.1, -0.05) is 6.92 Å². The largest absolute Gasteiger partial charge is 0.406 e. The van der Waals surface area contributed by atoms with Crippen LogP contribution in [-0.4, -0.2) is 40.2 Å². The summed E-state index contributed by atoms with van der Waals surface area (Å²) in [4.78, 5) is 16.9. The van der Waals surface area contributed by atoms with E-state index >= 15 is 0 Å². The van der Waals surface area contributed by atoms with E-state index in [9.17, 15) is 10.1 Å². The highest BCUT2D eigenvalue weighted by Crippen LogP contribution is 2.40. The second-order valence-corrected chi connectivity index (χ2v) is 5.47. The molecule has 19 heavy (non-hydrogen) atoms. The SMILES string of the molecule is CCC1C2CNCC2CN1c1c([N+](=O)[O-])ncn1C. The Morgan fingerprint density at radius 2 is 2.37 bits per heavy atom. The first-order valence-corrected chi connectivity index (χ1v) is 6.76. The summed E-state index contributed by atoms with van der Waals surface area (Å²) >= 11 is 0. The maximum absolute atomic E-state index is 11.1. The van der Waals surface area contributed by atoms with E-state index in [0.717, 1.165) is 26.1 Å². The Labute approximate surface area is 111 Å². The van der Waals surface area contributed by atoms with Gasteiger partial charge in [0.2, 0.25) is 12.1 Å². The molecule has 7 nitrogen and oxygen atoms in total. The average Bonchev–Trinajstić information content (AvgIpc) is 3.00. The number of nitrogens with one attached hydrogen (secondary N) is 1. The molecule has 0 radical (unpaired) electrons. The number of hydrogen-bond acceptors (Lipinski definition) is 5. The molecule has 3 rings (SSSR count). The van der Waals surface area contributed by atoms with E-state index in [-0.39, 0.29) is 10.7 Å². The van der Waals surface area contributed by atoms with Crippen LogP contribution in [0.4, 0.5) is 11.6 Å². The second-order valence-electron chi connectivity index (χ2n) is 5.47. The molecule has 3 heterocycles. The van der Waals surface area contributed by atoms with Crippen molar-refractivity contribution in [3.8, 4) is 0 Å². The number of aromatic nitrogens is 2. The lowest BCUT2D eigenvalue weighted by molar-refractivity contribution is -0.388. The molecular formula is C12H19N5O2. The summed E-state index contributed by atoms with van der Waals surface area (Å²) in [5.41, 5.74) is 0. The number of aryl methyl sites for hydroxylation is 1. The van der Waals surface area contributed by atoms with E-state index < -0.39 is 0 Å². The first-order chi connectivity index (χ1) is 9.13. The van der Waals surface area contributed by atoms with Crippen molar-refractivity contribution in [3.05, 3.63) is 16.4 Å². The van der Waals surface area contributed by atoms with Gasteiger partial charge in [0.05, 0.1) is 0 Å². The van der Waals surface area contributed by atoms with Crippen molar-refractivity contribution in [2.75, 3.05) is 24.5 Å². The lowest BCUT2D eigenvalue weighted by Gasteiger charge is -2.27. The van der Waals surface area contributed by atoms with Gasteiger partial charge in [0.25, 0.3) is 0 Å². The molecule has 1 aromatic heterocycles. The second kappa shape index (κ2) is 4.48. The van der Waals surface area contributed by atoms with Gasteiger partial charge in [-0.05, 0) is 28.2 Å². The summed E-state index contributed by atoms with van der Waals surface area (Å²) in [5.74, 6) is 1.83. The Bertz CT molecular complexity index is 500. The number of hydrogen-bond donors (Lipinski definition) is 1. The number of anilines is 1. The molecule has 0 aromatic carbocycles. The average molecular weight is 265 g/mol. The maximum atomic E-state index is 11.1. The van der Waals surface area contributed by atoms with Crippen molar-refractivity contribution in [3.63, 3.8) is 0 Å². The van der Waals surface area contributed by atoms with Crippen molar-refractivity contribution in [2.45, 2.75) is 19.4 Å². The van der Waals surface area contributed by atoms with Gasteiger partial charge in [-0.2, -0.15) is 0 Å². The van der Waals surface area contributed by atoms with Crippen LogP contribution in [0.5, 0.6) is 0 Å². The summed E-state index contributed by atoms with van der Waals surface area (Å²) in [6, 6.07) is 0.370. The number of nitro groups is 1. The van der Waals surface area contributed by atoms with Gasteiger partial charge < -0.3 is 20.3 Å². The molecule has 3 atom stereocenters. The molecule has 3 unspecified atom stereocenters. The first kappa shape index (κ1) is 12.4. The third-order valence-corrected chi connectivity index (χ3v) is 4.47. The summed E-state index contributed by atoms with van der Waals surface area (Å²) < 4.78 is 1.77. The van der Waals surface area contributed by atoms with E-state index in [4.69, 9.17) is 0 Å². The zero-order valence-corrected chi connectivity index (χ0v) is 11.2. The fourth-order valence-corrected chi connectivity index (χ4v) is 3.66. The Kier molecular flexibility index (Phi) is 2.93. The van der Waals surface area contributed by atoms with Crippen molar-refractivity contribution in [1.29, 1.82) is 0 Å². The third-order valence-electron chi connectivity index (χ3n) is 4.47. The standard InChI is InChI=1S/C12H19N5O2/c1-3-10-9-5-13-4-8(9)6-16(10)12-11(17(18)19)14-7-15(12)2/h7-10,13H,3-6H2,1-2H3. The molecular weight excluding hydrogens is 246 g/mol. The van der Waals surface area contributed by atoms with Crippen molar-refractivity contribution >= 4 is 11.6 Å². The predicted octanol–water partition coefficient (Wildman–Crippen LogP) is 0.762. The van der Waals surface area contributed by atoms with Gasteiger partial charge in [0.15, 0.2) is 0 Å². The molecule has 104 valence electrons. The summed E-state index contributed by atoms with van der Waals surface area (Å²) in [6.07, 6.45) is 2.54. The summed E-state index contributed by atoms with van der Waals surface area (Å²) in [5, 5.41) is 14.5. The van der Waals surface area contributed by atoms with Crippen LogP contribution in [0.15, 0.2) is 6.33 Å². The van der Waals surface area contributed by atoms with Crippen LogP contribution < -0.4 is 10.2 Å². The summed E-state index contributed by atoms with van der Waals surface area (Å²) in [6.45, 7) is 5.08. The third kappa shape index (κ3) is 1.80. The van der Waals surface area contributed by atoms with Crippen LogP contribution in [0.25, 0.3) is 0 Å². The molecule has 2 saturated heterocycles. The van der Waals surface area contributed by atoms with Gasteiger partial charge >= 0.3 is 5.82 Å². The Morgan fingerprint density at radius 1 is 1.58 bits per heavy atom. The van der Waals surface area contributed by atoms with Crippen LogP contribution in [0.1, 0.15) is 13.3 Å². The number of imidazole rings is 1. The lowest BCUT2D eigenvalue weighted by Crippen LogP contribution is -2.36. The zero-order valence-electron chi connectivity index (χ0n) is 11.2. The van der Waals surface area contributed by atoms with Gasteiger partial charge in [-0.3, -0.25) is 4.57 Å². The molecule has 7 heteroatoms. The van der Waals surface area contributed by atoms with Crippen LogP contribution in [0, 0.1) is 22.0 Å². The van der Waals surface area contributed by atoms with Gasteiger partial charge in [-0.25, -0.2) is 0 Å². The quantitative estimate of drug-likeness (QED) is 0.645. The molecule has 0 saturated carbocycles.